The molecule has 7 nitrogen and oxygen atoms in total. The highest BCUT2D eigenvalue weighted by Gasteiger charge is 2.31. The fraction of sp³-hybridized carbons (Fsp3) is 0.800. The molecule has 1 aromatic heterocycles. The molecule has 2 unspecified atom stereocenters. The van der Waals surface area contributed by atoms with E-state index in [0.717, 1.165) is 25.1 Å². The number of alkyl carbamates (subject to hydrolysis) is 1. The van der Waals surface area contributed by atoms with Gasteiger partial charge in [-0.25, -0.2) is 4.79 Å². The van der Waals surface area contributed by atoms with Gasteiger partial charge in [0.1, 0.15) is 18.3 Å². The van der Waals surface area contributed by atoms with E-state index in [-0.39, 0.29) is 24.4 Å². The molecular weight excluding hydrogens is 346 g/mol. The van der Waals surface area contributed by atoms with Gasteiger partial charge >= 0.3 is 6.09 Å². The van der Waals surface area contributed by atoms with E-state index in [9.17, 15) is 4.79 Å². The molecule has 0 bridgehead atoms. The number of nitrogens with one attached hydrogen (secondary N) is 2. The molecule has 1 aromatic rings. The van der Waals surface area contributed by atoms with Crippen LogP contribution in [0.4, 0.5) is 4.79 Å². The number of H-pyrrole nitrogens is 1. The van der Waals surface area contributed by atoms with Gasteiger partial charge in [-0.15, -0.1) is 5.10 Å². The Labute approximate surface area is 160 Å². The second-order valence-electron chi connectivity index (χ2n) is 8.16. The van der Waals surface area contributed by atoms with Crippen LogP contribution in [-0.4, -0.2) is 41.7 Å². The SMILES string of the molecule is O=C(NCC1CC1)OC1COC(c2cc(OC3CCCCCCC3)n[nH]2)C1. The molecule has 4 rings (SSSR count). The summed E-state index contributed by atoms with van der Waals surface area (Å²) in [6.07, 6.45) is 11.3. The molecule has 2 atom stereocenters. The molecule has 2 N–H and O–H groups in total. The first-order valence-corrected chi connectivity index (χ1v) is 10.5. The van der Waals surface area contributed by atoms with E-state index in [1.165, 1.54) is 44.9 Å². The van der Waals surface area contributed by atoms with Crippen molar-refractivity contribution >= 4 is 6.09 Å². The van der Waals surface area contributed by atoms with Crippen LogP contribution in [0, 0.1) is 5.92 Å². The molecule has 3 fully saturated rings. The molecule has 2 heterocycles. The van der Waals surface area contributed by atoms with Crippen LogP contribution in [-0.2, 0) is 9.47 Å². The minimum atomic E-state index is -0.339. The topological polar surface area (TPSA) is 85.5 Å². The van der Waals surface area contributed by atoms with Gasteiger partial charge in [-0.3, -0.25) is 5.10 Å². The third kappa shape index (κ3) is 5.61. The summed E-state index contributed by atoms with van der Waals surface area (Å²) in [6, 6.07) is 1.93. The number of carbonyl (C=O) groups excluding carboxylic acids is 1. The molecule has 0 aromatic carbocycles. The summed E-state index contributed by atoms with van der Waals surface area (Å²) >= 11 is 0. The smallest absolute Gasteiger partial charge is 0.407 e. The Morgan fingerprint density at radius 1 is 1.15 bits per heavy atom. The second-order valence-corrected chi connectivity index (χ2v) is 8.16. The van der Waals surface area contributed by atoms with E-state index in [4.69, 9.17) is 14.2 Å². The van der Waals surface area contributed by atoms with Gasteiger partial charge in [0.05, 0.1) is 12.3 Å². The summed E-state index contributed by atoms with van der Waals surface area (Å²) in [5.74, 6) is 1.29. The number of aromatic nitrogens is 2. The van der Waals surface area contributed by atoms with Crippen LogP contribution in [0.15, 0.2) is 6.07 Å². The molecule has 1 saturated heterocycles. The van der Waals surface area contributed by atoms with Crippen molar-refractivity contribution in [1.82, 2.24) is 15.5 Å². The van der Waals surface area contributed by atoms with Gasteiger partial charge in [0.25, 0.3) is 0 Å². The van der Waals surface area contributed by atoms with Gasteiger partial charge in [-0.1, -0.05) is 19.3 Å². The van der Waals surface area contributed by atoms with Crippen LogP contribution in [0.1, 0.15) is 76.0 Å². The van der Waals surface area contributed by atoms with Crippen LogP contribution >= 0.6 is 0 Å². The number of ether oxygens (including phenoxy) is 3. The highest BCUT2D eigenvalue weighted by atomic mass is 16.6. The zero-order valence-corrected chi connectivity index (χ0v) is 16.0. The molecule has 0 spiro atoms. The van der Waals surface area contributed by atoms with Crippen LogP contribution < -0.4 is 10.1 Å². The zero-order chi connectivity index (χ0) is 18.5. The lowest BCUT2D eigenvalue weighted by molar-refractivity contribution is 0.0690. The number of rotatable bonds is 6. The first-order valence-electron chi connectivity index (χ1n) is 10.5. The average molecular weight is 377 g/mol. The molecule has 2 aliphatic carbocycles. The van der Waals surface area contributed by atoms with E-state index in [2.05, 4.69) is 15.5 Å². The third-order valence-electron chi connectivity index (χ3n) is 5.73. The normalized spacial score (nSPS) is 27.0. The standard InChI is InChI=1S/C20H31N3O4/c24-20(21-12-14-8-9-14)27-16-10-18(25-13-16)17-11-19(23-22-17)26-15-6-4-2-1-3-5-7-15/h11,14-16,18H,1-10,12-13H2,(H,21,24)(H,22,23). The first kappa shape index (κ1) is 18.6. The minimum absolute atomic E-state index is 0.131. The molecule has 0 radical (unpaired) electrons. The number of hydrogen-bond acceptors (Lipinski definition) is 5. The van der Waals surface area contributed by atoms with Crippen molar-refractivity contribution in [2.45, 2.75) is 82.5 Å². The third-order valence-corrected chi connectivity index (χ3v) is 5.73. The summed E-state index contributed by atoms with van der Waals surface area (Å²) in [6.45, 7) is 1.14. The summed E-state index contributed by atoms with van der Waals surface area (Å²) < 4.78 is 17.3. The predicted octanol–water partition coefficient (Wildman–Crippen LogP) is 3.87. The van der Waals surface area contributed by atoms with E-state index in [1.54, 1.807) is 0 Å². The largest absolute Gasteiger partial charge is 0.473 e. The van der Waals surface area contributed by atoms with Gasteiger partial charge in [0.2, 0.25) is 5.88 Å². The van der Waals surface area contributed by atoms with Gasteiger partial charge in [-0.05, 0) is 44.4 Å². The molecule has 1 amide bonds. The van der Waals surface area contributed by atoms with E-state index in [1.807, 2.05) is 6.07 Å². The lowest BCUT2D eigenvalue weighted by atomic mass is 9.99. The van der Waals surface area contributed by atoms with Crippen molar-refractivity contribution in [2.75, 3.05) is 13.2 Å². The molecule has 3 aliphatic rings. The van der Waals surface area contributed by atoms with Crippen molar-refractivity contribution in [3.63, 3.8) is 0 Å². The summed E-state index contributed by atoms with van der Waals surface area (Å²) in [5, 5.41) is 10.2. The molecule has 7 heteroatoms. The molecular formula is C20H31N3O4. The highest BCUT2D eigenvalue weighted by molar-refractivity contribution is 5.67. The van der Waals surface area contributed by atoms with Crippen molar-refractivity contribution in [2.24, 2.45) is 5.92 Å². The van der Waals surface area contributed by atoms with Gasteiger partial charge in [-0.2, -0.15) is 0 Å². The maximum Gasteiger partial charge on any atom is 0.407 e. The number of hydrogen-bond donors (Lipinski definition) is 2. The molecule has 27 heavy (non-hydrogen) atoms. The van der Waals surface area contributed by atoms with Crippen molar-refractivity contribution < 1.29 is 19.0 Å². The van der Waals surface area contributed by atoms with Crippen LogP contribution in [0.25, 0.3) is 0 Å². The molecule has 2 saturated carbocycles. The number of amides is 1. The van der Waals surface area contributed by atoms with Crippen molar-refractivity contribution in [3.05, 3.63) is 11.8 Å². The summed E-state index contributed by atoms with van der Waals surface area (Å²) in [5.41, 5.74) is 0.889. The van der Waals surface area contributed by atoms with Crippen molar-refractivity contribution in [3.8, 4) is 5.88 Å². The Hall–Kier alpha value is -1.76. The van der Waals surface area contributed by atoms with E-state index >= 15 is 0 Å². The quantitative estimate of drug-likeness (QED) is 0.786. The highest BCUT2D eigenvalue weighted by Crippen LogP contribution is 2.32. The number of nitrogens with zero attached hydrogens (tertiary/aromatic N) is 1. The summed E-state index contributed by atoms with van der Waals surface area (Å²) in [4.78, 5) is 11.8. The first-order chi connectivity index (χ1) is 13.3. The monoisotopic (exact) mass is 377 g/mol. The Bertz CT molecular complexity index is 608. The van der Waals surface area contributed by atoms with Gasteiger partial charge < -0.3 is 19.5 Å². The summed E-state index contributed by atoms with van der Waals surface area (Å²) in [7, 11) is 0. The Kier molecular flexibility index (Phi) is 6.17. The van der Waals surface area contributed by atoms with Crippen LogP contribution in [0.2, 0.25) is 0 Å². The molecule has 1 aliphatic heterocycles. The van der Waals surface area contributed by atoms with Crippen LogP contribution in [0.5, 0.6) is 5.88 Å². The van der Waals surface area contributed by atoms with Crippen molar-refractivity contribution in [1.29, 1.82) is 0 Å². The maximum atomic E-state index is 11.8. The number of aromatic amines is 1. The second kappa shape index (κ2) is 8.95. The van der Waals surface area contributed by atoms with Crippen LogP contribution in [0.3, 0.4) is 0 Å². The average Bonchev–Trinajstić information content (AvgIpc) is 3.15. The van der Waals surface area contributed by atoms with Gasteiger partial charge in [0.15, 0.2) is 0 Å². The van der Waals surface area contributed by atoms with Gasteiger partial charge in [0, 0.05) is 19.0 Å². The lowest BCUT2D eigenvalue weighted by Crippen LogP contribution is -2.30. The predicted molar refractivity (Wildman–Crippen MR) is 99.6 cm³/mol. The fourth-order valence-electron chi connectivity index (χ4n) is 3.89. The Morgan fingerprint density at radius 3 is 2.70 bits per heavy atom. The Balaban J connectivity index is 1.22. The fourth-order valence-corrected chi connectivity index (χ4v) is 3.89. The molecule has 150 valence electrons. The van der Waals surface area contributed by atoms with E-state index < -0.39 is 0 Å². The maximum absolute atomic E-state index is 11.8. The minimum Gasteiger partial charge on any atom is -0.473 e. The zero-order valence-electron chi connectivity index (χ0n) is 16.0. The Morgan fingerprint density at radius 2 is 1.93 bits per heavy atom. The lowest BCUT2D eigenvalue weighted by Gasteiger charge is -2.19. The number of carbonyl (C=O) groups is 1. The van der Waals surface area contributed by atoms with E-state index in [0.29, 0.717) is 24.8 Å².